The van der Waals surface area contributed by atoms with Crippen LogP contribution in [0.1, 0.15) is 49.4 Å². The van der Waals surface area contributed by atoms with Gasteiger partial charge in [-0.3, -0.25) is 4.79 Å². The van der Waals surface area contributed by atoms with Crippen molar-refractivity contribution in [2.24, 2.45) is 0 Å². The Labute approximate surface area is 185 Å². The van der Waals surface area contributed by atoms with Crippen molar-refractivity contribution in [2.45, 2.75) is 44.6 Å². The standard InChI is InChI=1S/C23H32N2O5S/c1-15(2)20-13-21(16(3)12-22(20)30-7)17(4)24-23(26)14-25(5)31(27,28)19-10-8-18(29-6)9-11-19/h8-13,15,17H,14H2,1-7H3,(H,24,26)/t17-/m0/s1. The summed E-state index contributed by atoms with van der Waals surface area (Å²) in [5.74, 6) is 1.26. The molecule has 0 heterocycles. The third kappa shape index (κ3) is 5.77. The van der Waals surface area contributed by atoms with Crippen molar-refractivity contribution in [3.05, 3.63) is 53.1 Å². The van der Waals surface area contributed by atoms with Crippen LogP contribution in [-0.2, 0) is 14.8 Å². The molecule has 0 bridgehead atoms. The molecule has 2 aromatic rings. The lowest BCUT2D eigenvalue weighted by atomic mass is 9.93. The Kier molecular flexibility index (Phi) is 8.08. The molecule has 0 fully saturated rings. The predicted molar refractivity (Wildman–Crippen MR) is 121 cm³/mol. The molecule has 0 spiro atoms. The SMILES string of the molecule is COc1ccc(S(=O)(=O)N(C)CC(=O)N[C@@H](C)c2cc(C(C)C)c(OC)cc2C)cc1. The minimum Gasteiger partial charge on any atom is -0.497 e. The van der Waals surface area contributed by atoms with E-state index in [9.17, 15) is 13.2 Å². The second-order valence-electron chi connectivity index (χ2n) is 7.83. The lowest BCUT2D eigenvalue weighted by Crippen LogP contribution is -2.39. The number of carbonyl (C=O) groups is 1. The maximum Gasteiger partial charge on any atom is 0.243 e. The highest BCUT2D eigenvalue weighted by Gasteiger charge is 2.24. The van der Waals surface area contributed by atoms with Crippen LogP contribution in [0.2, 0.25) is 0 Å². The summed E-state index contributed by atoms with van der Waals surface area (Å²) in [6.07, 6.45) is 0. The smallest absolute Gasteiger partial charge is 0.243 e. The number of nitrogens with one attached hydrogen (secondary N) is 1. The van der Waals surface area contributed by atoms with Gasteiger partial charge in [0.25, 0.3) is 0 Å². The largest absolute Gasteiger partial charge is 0.497 e. The average Bonchev–Trinajstić information content (AvgIpc) is 2.72. The molecule has 8 heteroatoms. The Balaban J connectivity index is 2.13. The van der Waals surface area contributed by atoms with Crippen molar-refractivity contribution in [1.82, 2.24) is 9.62 Å². The minimum absolute atomic E-state index is 0.101. The number of benzene rings is 2. The van der Waals surface area contributed by atoms with Crippen molar-refractivity contribution < 1.29 is 22.7 Å². The molecule has 2 rings (SSSR count). The van der Waals surface area contributed by atoms with Gasteiger partial charge >= 0.3 is 0 Å². The molecule has 0 aliphatic rings. The maximum absolute atomic E-state index is 12.8. The van der Waals surface area contributed by atoms with Gasteiger partial charge in [-0.1, -0.05) is 13.8 Å². The molecule has 1 atom stereocenters. The van der Waals surface area contributed by atoms with E-state index in [1.807, 2.05) is 26.0 Å². The number of sulfonamides is 1. The number of methoxy groups -OCH3 is 2. The van der Waals surface area contributed by atoms with E-state index >= 15 is 0 Å². The number of rotatable bonds is 9. The second-order valence-corrected chi connectivity index (χ2v) is 9.88. The number of nitrogens with zero attached hydrogens (tertiary/aromatic N) is 1. The predicted octanol–water partition coefficient (Wildman–Crippen LogP) is 3.63. The summed E-state index contributed by atoms with van der Waals surface area (Å²) in [5, 5.41) is 2.91. The van der Waals surface area contributed by atoms with Crippen molar-refractivity contribution in [3.8, 4) is 11.5 Å². The van der Waals surface area contributed by atoms with E-state index in [1.54, 1.807) is 19.2 Å². The van der Waals surface area contributed by atoms with E-state index < -0.39 is 10.0 Å². The van der Waals surface area contributed by atoms with Gasteiger partial charge in [-0.2, -0.15) is 4.31 Å². The minimum atomic E-state index is -3.79. The molecule has 0 unspecified atom stereocenters. The molecule has 0 saturated heterocycles. The van der Waals surface area contributed by atoms with Crippen LogP contribution < -0.4 is 14.8 Å². The van der Waals surface area contributed by atoms with Gasteiger partial charge in [-0.15, -0.1) is 0 Å². The van der Waals surface area contributed by atoms with E-state index in [0.29, 0.717) is 5.75 Å². The first kappa shape index (κ1) is 24.7. The number of hydrogen-bond donors (Lipinski definition) is 1. The Morgan fingerprint density at radius 1 is 1.03 bits per heavy atom. The summed E-state index contributed by atoms with van der Waals surface area (Å²) < 4.78 is 37.1. The molecular weight excluding hydrogens is 416 g/mol. The van der Waals surface area contributed by atoms with Crippen LogP contribution in [-0.4, -0.2) is 46.4 Å². The topological polar surface area (TPSA) is 84.9 Å². The van der Waals surface area contributed by atoms with Crippen LogP contribution in [0.4, 0.5) is 0 Å². The van der Waals surface area contributed by atoms with Gasteiger partial charge in [0.1, 0.15) is 11.5 Å². The number of amides is 1. The Bertz CT molecular complexity index is 1020. The summed E-state index contributed by atoms with van der Waals surface area (Å²) in [7, 11) is 0.747. The summed E-state index contributed by atoms with van der Waals surface area (Å²) in [4.78, 5) is 12.7. The zero-order chi connectivity index (χ0) is 23.3. The fourth-order valence-corrected chi connectivity index (χ4v) is 4.52. The number of carbonyl (C=O) groups excluding carboxylic acids is 1. The molecule has 1 N–H and O–H groups in total. The monoisotopic (exact) mass is 448 g/mol. The second kappa shape index (κ2) is 10.2. The van der Waals surface area contributed by atoms with Gasteiger partial charge in [-0.05, 0) is 72.9 Å². The van der Waals surface area contributed by atoms with Gasteiger partial charge in [-0.25, -0.2) is 8.42 Å². The highest BCUT2D eigenvalue weighted by molar-refractivity contribution is 7.89. The first-order chi connectivity index (χ1) is 14.5. The number of ether oxygens (including phenoxy) is 2. The van der Waals surface area contributed by atoms with Crippen LogP contribution in [0, 0.1) is 6.92 Å². The van der Waals surface area contributed by atoms with Crippen molar-refractivity contribution in [2.75, 3.05) is 27.8 Å². The van der Waals surface area contributed by atoms with E-state index in [0.717, 1.165) is 26.7 Å². The Hall–Kier alpha value is -2.58. The Morgan fingerprint density at radius 2 is 1.65 bits per heavy atom. The van der Waals surface area contributed by atoms with Crippen molar-refractivity contribution in [1.29, 1.82) is 0 Å². The fraction of sp³-hybridized carbons (Fsp3) is 0.435. The van der Waals surface area contributed by atoms with Crippen molar-refractivity contribution >= 4 is 15.9 Å². The van der Waals surface area contributed by atoms with Gasteiger partial charge in [0.05, 0.1) is 31.7 Å². The molecular formula is C23H32N2O5S. The van der Waals surface area contributed by atoms with Crippen LogP contribution in [0.15, 0.2) is 41.3 Å². The summed E-state index contributed by atoms with van der Waals surface area (Å²) in [6.45, 7) is 7.73. The zero-order valence-corrected chi connectivity index (χ0v) is 20.0. The van der Waals surface area contributed by atoms with Crippen LogP contribution >= 0.6 is 0 Å². The van der Waals surface area contributed by atoms with Crippen molar-refractivity contribution in [3.63, 3.8) is 0 Å². The average molecular weight is 449 g/mol. The first-order valence-electron chi connectivity index (χ1n) is 10.1. The van der Waals surface area contributed by atoms with Gasteiger partial charge in [0.2, 0.25) is 15.9 Å². The lowest BCUT2D eigenvalue weighted by molar-refractivity contribution is -0.121. The Morgan fingerprint density at radius 3 is 2.16 bits per heavy atom. The molecule has 2 aromatic carbocycles. The molecule has 31 heavy (non-hydrogen) atoms. The normalized spacial score (nSPS) is 12.7. The summed E-state index contributed by atoms with van der Waals surface area (Å²) in [6, 6.07) is 9.78. The quantitative estimate of drug-likeness (QED) is 0.633. The number of aryl methyl sites for hydroxylation is 1. The molecule has 0 aliphatic heterocycles. The van der Waals surface area contributed by atoms with E-state index in [2.05, 4.69) is 19.2 Å². The van der Waals surface area contributed by atoms with Crippen LogP contribution in [0.5, 0.6) is 11.5 Å². The number of likely N-dealkylation sites (N-methyl/N-ethyl adjacent to an activating group) is 1. The summed E-state index contributed by atoms with van der Waals surface area (Å²) >= 11 is 0. The molecule has 0 radical (unpaired) electrons. The third-order valence-electron chi connectivity index (χ3n) is 5.22. The highest BCUT2D eigenvalue weighted by atomic mass is 32.2. The molecule has 0 aliphatic carbocycles. The molecule has 170 valence electrons. The summed E-state index contributed by atoms with van der Waals surface area (Å²) in [5.41, 5.74) is 3.02. The highest BCUT2D eigenvalue weighted by Crippen LogP contribution is 2.32. The maximum atomic E-state index is 12.8. The van der Waals surface area contributed by atoms with Gasteiger partial charge in [0, 0.05) is 7.05 Å². The molecule has 0 saturated carbocycles. The third-order valence-corrected chi connectivity index (χ3v) is 7.04. The lowest BCUT2D eigenvalue weighted by Gasteiger charge is -2.22. The van der Waals surface area contributed by atoms with Gasteiger partial charge < -0.3 is 14.8 Å². The fourth-order valence-electron chi connectivity index (χ4n) is 3.39. The first-order valence-corrected chi connectivity index (χ1v) is 11.5. The zero-order valence-electron chi connectivity index (χ0n) is 19.2. The van der Waals surface area contributed by atoms with E-state index in [1.165, 1.54) is 26.3 Å². The number of hydrogen-bond acceptors (Lipinski definition) is 5. The molecule has 0 aromatic heterocycles. The van der Waals surface area contributed by atoms with E-state index in [4.69, 9.17) is 9.47 Å². The van der Waals surface area contributed by atoms with Gasteiger partial charge in [0.15, 0.2) is 0 Å². The van der Waals surface area contributed by atoms with E-state index in [-0.39, 0.29) is 29.3 Å². The van der Waals surface area contributed by atoms with Crippen LogP contribution in [0.3, 0.4) is 0 Å². The van der Waals surface area contributed by atoms with Crippen LogP contribution in [0.25, 0.3) is 0 Å². The molecule has 1 amide bonds. The molecule has 7 nitrogen and oxygen atoms in total.